The normalized spacial score (nSPS) is 30.4. The third kappa shape index (κ3) is 5.12. The molecule has 4 N–H and O–H groups in total. The van der Waals surface area contributed by atoms with Crippen molar-refractivity contribution in [1.82, 2.24) is 20.4 Å². The van der Waals surface area contributed by atoms with E-state index >= 15 is 0 Å². The van der Waals surface area contributed by atoms with E-state index in [1.807, 2.05) is 26.8 Å². The lowest BCUT2D eigenvalue weighted by atomic mass is 9.52. The fraction of sp³-hybridized carbons (Fsp3) is 0.704. The topological polar surface area (TPSA) is 141 Å². The predicted octanol–water partition coefficient (Wildman–Crippen LogP) is 2.13. The summed E-state index contributed by atoms with van der Waals surface area (Å²) in [5, 5.41) is 10.7. The maximum atomic E-state index is 13.7. The summed E-state index contributed by atoms with van der Waals surface area (Å²) in [6, 6.07) is 0.0248. The average Bonchev–Trinajstić information content (AvgIpc) is 3.29. The Labute approximate surface area is 223 Å². The molecular weight excluding hydrogens is 488 g/mol. The van der Waals surface area contributed by atoms with Crippen LogP contribution in [0.15, 0.2) is 12.3 Å². The highest BCUT2D eigenvalue weighted by molar-refractivity contribution is 5.99. The summed E-state index contributed by atoms with van der Waals surface area (Å²) in [5.74, 6) is 1.48. The largest absolute Gasteiger partial charge is 0.443 e. The molecule has 5 aliphatic rings. The van der Waals surface area contributed by atoms with Crippen molar-refractivity contribution in [2.75, 3.05) is 37.7 Å². The van der Waals surface area contributed by atoms with E-state index in [9.17, 15) is 14.4 Å². The van der Waals surface area contributed by atoms with Gasteiger partial charge in [0.25, 0.3) is 5.91 Å². The molecule has 5 fully saturated rings. The Morgan fingerprint density at radius 3 is 2.53 bits per heavy atom. The fourth-order valence-corrected chi connectivity index (χ4v) is 7.19. The number of carbonyl (C=O) groups excluding carboxylic acids is 3. The number of aromatic nitrogens is 2. The molecule has 4 saturated carbocycles. The van der Waals surface area contributed by atoms with Crippen LogP contribution >= 0.6 is 0 Å². The molecule has 38 heavy (non-hydrogen) atoms. The number of hydrogen-bond donors (Lipinski definition) is 3. The van der Waals surface area contributed by atoms with Crippen molar-refractivity contribution < 1.29 is 23.9 Å². The van der Waals surface area contributed by atoms with Gasteiger partial charge < -0.3 is 30.7 Å². The number of carbonyl (C=O) groups is 3. The first kappa shape index (κ1) is 26.5. The molecule has 0 radical (unpaired) electrons. The second kappa shape index (κ2) is 10.2. The molecular formula is C27H40N6O5. The van der Waals surface area contributed by atoms with Crippen molar-refractivity contribution in [3.05, 3.63) is 17.8 Å². The van der Waals surface area contributed by atoms with Crippen molar-refractivity contribution in [2.45, 2.75) is 64.5 Å². The molecule has 1 saturated heterocycles. The zero-order valence-electron chi connectivity index (χ0n) is 22.6. The SMILES string of the molecule is CCNC(=O)C(C)(C)C=Cn1ncc(C(=O)NC2C3CC4CC2CC(OC(N)=O)(C4)C3)c1N1CCOCC1. The van der Waals surface area contributed by atoms with Crippen LogP contribution in [0.25, 0.3) is 6.20 Å². The van der Waals surface area contributed by atoms with Gasteiger partial charge in [0.05, 0.1) is 24.8 Å². The minimum atomic E-state index is -0.740. The highest BCUT2D eigenvalue weighted by Crippen LogP contribution is 2.57. The molecule has 3 amide bonds. The number of nitrogens with zero attached hydrogens (tertiary/aromatic N) is 3. The average molecular weight is 529 g/mol. The highest BCUT2D eigenvalue weighted by Gasteiger charge is 2.57. The van der Waals surface area contributed by atoms with E-state index in [4.69, 9.17) is 15.2 Å². The Bertz CT molecular complexity index is 1090. The summed E-state index contributed by atoms with van der Waals surface area (Å²) in [6.07, 6.45) is 8.88. The quantitative estimate of drug-likeness (QED) is 0.469. The van der Waals surface area contributed by atoms with Crippen LogP contribution in [0.1, 0.15) is 63.2 Å². The third-order valence-corrected chi connectivity index (χ3v) is 8.71. The number of nitrogens with two attached hydrogens (primary N) is 1. The van der Waals surface area contributed by atoms with E-state index in [0.29, 0.717) is 50.1 Å². The third-order valence-electron chi connectivity index (χ3n) is 8.71. The van der Waals surface area contributed by atoms with Gasteiger partial charge in [-0.25, -0.2) is 9.48 Å². The maximum Gasteiger partial charge on any atom is 0.405 e. The standard InChI is InChI=1S/C27H40N6O5/c1-4-29-24(35)26(2,3)5-6-33-23(32-7-9-37-10-8-32)20(16-30-33)22(34)31-21-18-11-17-12-19(21)15-27(13-17,14-18)38-25(28)36/h5-6,16-19,21H,4,7-15H2,1-3H3,(H2,28,36)(H,29,35)(H,31,34). The van der Waals surface area contributed by atoms with Gasteiger partial charge in [0, 0.05) is 31.9 Å². The minimum Gasteiger partial charge on any atom is -0.443 e. The molecule has 208 valence electrons. The van der Waals surface area contributed by atoms with Crippen LogP contribution < -0.4 is 21.3 Å². The van der Waals surface area contributed by atoms with Gasteiger partial charge in [0.15, 0.2) is 0 Å². The number of ether oxygens (including phenoxy) is 2. The Morgan fingerprint density at radius 2 is 1.89 bits per heavy atom. The van der Waals surface area contributed by atoms with Gasteiger partial charge >= 0.3 is 6.09 Å². The van der Waals surface area contributed by atoms with Crippen molar-refractivity contribution in [3.63, 3.8) is 0 Å². The molecule has 0 spiro atoms. The van der Waals surface area contributed by atoms with Crippen LogP contribution in [-0.4, -0.2) is 72.2 Å². The molecule has 4 aliphatic carbocycles. The molecule has 2 heterocycles. The number of nitrogens with one attached hydrogen (secondary N) is 2. The summed E-state index contributed by atoms with van der Waals surface area (Å²) >= 11 is 0. The van der Waals surface area contributed by atoms with Gasteiger partial charge in [0.1, 0.15) is 17.0 Å². The lowest BCUT2D eigenvalue weighted by molar-refractivity contribution is -0.137. The Morgan fingerprint density at radius 1 is 1.21 bits per heavy atom. The van der Waals surface area contributed by atoms with E-state index in [0.717, 1.165) is 32.1 Å². The second-order valence-corrected chi connectivity index (χ2v) is 11.9. The van der Waals surface area contributed by atoms with E-state index in [1.165, 1.54) is 0 Å². The summed E-state index contributed by atoms with van der Waals surface area (Å²) in [6.45, 7) is 8.56. The first-order valence-corrected chi connectivity index (χ1v) is 13.8. The summed E-state index contributed by atoms with van der Waals surface area (Å²) < 4.78 is 12.9. The van der Waals surface area contributed by atoms with E-state index in [1.54, 1.807) is 17.1 Å². The second-order valence-electron chi connectivity index (χ2n) is 11.9. The lowest BCUT2D eigenvalue weighted by Crippen LogP contribution is -2.63. The van der Waals surface area contributed by atoms with Crippen molar-refractivity contribution in [2.24, 2.45) is 28.9 Å². The van der Waals surface area contributed by atoms with Crippen LogP contribution in [0.3, 0.4) is 0 Å². The summed E-state index contributed by atoms with van der Waals surface area (Å²) in [4.78, 5) is 39.9. The Hall–Kier alpha value is -3.08. The van der Waals surface area contributed by atoms with Crippen LogP contribution in [0.4, 0.5) is 10.6 Å². The van der Waals surface area contributed by atoms with Crippen molar-refractivity contribution in [3.8, 4) is 0 Å². The Kier molecular flexibility index (Phi) is 7.15. The molecule has 2 unspecified atom stereocenters. The first-order valence-electron chi connectivity index (χ1n) is 13.8. The molecule has 1 aromatic heterocycles. The Balaban J connectivity index is 1.37. The number of morpholine rings is 1. The summed E-state index contributed by atoms with van der Waals surface area (Å²) in [7, 11) is 0. The van der Waals surface area contributed by atoms with Crippen molar-refractivity contribution >= 4 is 29.9 Å². The maximum absolute atomic E-state index is 13.7. The zero-order chi connectivity index (χ0) is 27.1. The number of primary amides is 1. The van der Waals surface area contributed by atoms with Gasteiger partial charge in [-0.05, 0) is 70.6 Å². The molecule has 6 rings (SSSR count). The van der Waals surface area contributed by atoms with Gasteiger partial charge in [-0.1, -0.05) is 6.08 Å². The number of hydrogen-bond acceptors (Lipinski definition) is 7. The smallest absolute Gasteiger partial charge is 0.405 e. The molecule has 11 nitrogen and oxygen atoms in total. The van der Waals surface area contributed by atoms with Crippen LogP contribution in [0, 0.1) is 23.2 Å². The first-order chi connectivity index (χ1) is 18.1. The van der Waals surface area contributed by atoms with E-state index < -0.39 is 17.1 Å². The molecule has 2 atom stereocenters. The van der Waals surface area contributed by atoms with Crippen LogP contribution in [0.2, 0.25) is 0 Å². The predicted molar refractivity (Wildman–Crippen MR) is 141 cm³/mol. The summed E-state index contributed by atoms with van der Waals surface area (Å²) in [5.41, 5.74) is 4.68. The molecule has 4 bridgehead atoms. The van der Waals surface area contributed by atoms with E-state index in [2.05, 4.69) is 20.6 Å². The molecule has 1 aromatic rings. The number of amides is 3. The van der Waals surface area contributed by atoms with Crippen molar-refractivity contribution in [1.29, 1.82) is 0 Å². The minimum absolute atomic E-state index is 0.0248. The van der Waals surface area contributed by atoms with Gasteiger partial charge in [-0.3, -0.25) is 9.59 Å². The fourth-order valence-electron chi connectivity index (χ4n) is 7.19. The van der Waals surface area contributed by atoms with E-state index in [-0.39, 0.29) is 29.7 Å². The zero-order valence-corrected chi connectivity index (χ0v) is 22.6. The highest BCUT2D eigenvalue weighted by atomic mass is 16.6. The monoisotopic (exact) mass is 528 g/mol. The number of rotatable bonds is 8. The lowest BCUT2D eigenvalue weighted by Gasteiger charge is -2.58. The van der Waals surface area contributed by atoms with Crippen LogP contribution in [-0.2, 0) is 14.3 Å². The van der Waals surface area contributed by atoms with Gasteiger partial charge in [-0.15, -0.1) is 0 Å². The molecule has 11 heteroatoms. The molecule has 1 aliphatic heterocycles. The van der Waals surface area contributed by atoms with Crippen LogP contribution in [0.5, 0.6) is 0 Å². The molecule has 0 aromatic carbocycles. The number of anilines is 1. The van der Waals surface area contributed by atoms with Gasteiger partial charge in [-0.2, -0.15) is 5.10 Å². The van der Waals surface area contributed by atoms with Gasteiger partial charge in [0.2, 0.25) is 5.91 Å².